The molecular formula is C8H9ClN4O. The van der Waals surface area contributed by atoms with Crippen molar-refractivity contribution >= 4 is 17.4 Å². The largest absolute Gasteiger partial charge is 0.394 e. The van der Waals surface area contributed by atoms with E-state index in [9.17, 15) is 0 Å². The van der Waals surface area contributed by atoms with Crippen LogP contribution in [0.25, 0.3) is 5.78 Å². The fourth-order valence-corrected chi connectivity index (χ4v) is 1.34. The van der Waals surface area contributed by atoms with Crippen molar-refractivity contribution in [3.05, 3.63) is 29.3 Å². The highest BCUT2D eigenvalue weighted by Gasteiger charge is 2.08. The molecule has 0 bridgehead atoms. The number of nitrogens with zero attached hydrogens (tertiary/aromatic N) is 3. The van der Waals surface area contributed by atoms with Crippen LogP contribution in [0.1, 0.15) is 11.7 Å². The van der Waals surface area contributed by atoms with Crippen molar-refractivity contribution in [1.82, 2.24) is 14.4 Å². The summed E-state index contributed by atoms with van der Waals surface area (Å²) in [4.78, 5) is 8.13. The molecule has 2 heterocycles. The molecule has 14 heavy (non-hydrogen) atoms. The smallest absolute Gasteiger partial charge is 0.235 e. The lowest BCUT2D eigenvalue weighted by atomic mass is 10.2. The fraction of sp³-hybridized carbons (Fsp3) is 0.250. The van der Waals surface area contributed by atoms with E-state index in [1.807, 2.05) is 0 Å². The van der Waals surface area contributed by atoms with Gasteiger partial charge in [0.15, 0.2) is 0 Å². The molecule has 0 aliphatic rings. The Morgan fingerprint density at radius 2 is 2.43 bits per heavy atom. The summed E-state index contributed by atoms with van der Waals surface area (Å²) >= 11 is 5.82. The standard InChI is InChI=1S/C8H9ClN4O/c9-7-3-11-8-12-6(5(10)4-14)1-2-13(7)8/h1-3,5,14H,4,10H2. The number of imidazole rings is 1. The van der Waals surface area contributed by atoms with Gasteiger partial charge in [0.1, 0.15) is 5.15 Å². The zero-order chi connectivity index (χ0) is 10.1. The normalized spacial score (nSPS) is 13.4. The lowest BCUT2D eigenvalue weighted by Crippen LogP contribution is -2.16. The molecule has 2 aromatic rings. The van der Waals surface area contributed by atoms with Gasteiger partial charge in [-0.25, -0.2) is 9.97 Å². The van der Waals surface area contributed by atoms with E-state index in [1.54, 1.807) is 16.7 Å². The molecule has 6 heteroatoms. The van der Waals surface area contributed by atoms with Gasteiger partial charge in [0, 0.05) is 6.20 Å². The minimum atomic E-state index is -0.476. The van der Waals surface area contributed by atoms with Crippen molar-refractivity contribution < 1.29 is 5.11 Å². The van der Waals surface area contributed by atoms with Gasteiger partial charge in [0.2, 0.25) is 5.78 Å². The Kier molecular flexibility index (Phi) is 2.37. The van der Waals surface area contributed by atoms with E-state index in [1.165, 1.54) is 6.20 Å². The molecule has 2 rings (SSSR count). The van der Waals surface area contributed by atoms with Crippen LogP contribution < -0.4 is 5.73 Å². The van der Waals surface area contributed by atoms with Gasteiger partial charge < -0.3 is 10.8 Å². The Labute approximate surface area is 85.2 Å². The summed E-state index contributed by atoms with van der Waals surface area (Å²) < 4.78 is 1.63. The van der Waals surface area contributed by atoms with Gasteiger partial charge in [-0.15, -0.1) is 0 Å². The van der Waals surface area contributed by atoms with Gasteiger partial charge >= 0.3 is 0 Å². The first-order valence-corrected chi connectivity index (χ1v) is 4.46. The Hall–Kier alpha value is -1.17. The first-order valence-electron chi connectivity index (χ1n) is 4.08. The summed E-state index contributed by atoms with van der Waals surface area (Å²) in [7, 11) is 0. The molecule has 0 fully saturated rings. The Bertz CT molecular complexity index is 456. The van der Waals surface area contributed by atoms with Crippen LogP contribution in [0.3, 0.4) is 0 Å². The summed E-state index contributed by atoms with van der Waals surface area (Å²) in [5, 5.41) is 9.34. The molecule has 2 aromatic heterocycles. The third-order valence-corrected chi connectivity index (χ3v) is 2.21. The quantitative estimate of drug-likeness (QED) is 0.755. The van der Waals surface area contributed by atoms with Crippen LogP contribution >= 0.6 is 11.6 Å². The SMILES string of the molecule is NC(CO)c1ccn2c(Cl)cnc2n1. The number of aliphatic hydroxyl groups is 1. The molecule has 0 spiro atoms. The van der Waals surface area contributed by atoms with Gasteiger partial charge in [0.05, 0.1) is 24.5 Å². The van der Waals surface area contributed by atoms with Crippen LogP contribution in [0.15, 0.2) is 18.5 Å². The highest BCUT2D eigenvalue weighted by Crippen LogP contribution is 2.13. The second kappa shape index (κ2) is 3.53. The molecule has 0 aliphatic heterocycles. The molecule has 1 atom stereocenters. The van der Waals surface area contributed by atoms with Gasteiger partial charge in [-0.2, -0.15) is 0 Å². The van der Waals surface area contributed by atoms with Gasteiger partial charge in [-0.1, -0.05) is 11.6 Å². The molecule has 74 valence electrons. The molecule has 0 aromatic carbocycles. The van der Waals surface area contributed by atoms with Crippen LogP contribution in [-0.4, -0.2) is 26.1 Å². The minimum Gasteiger partial charge on any atom is -0.394 e. The van der Waals surface area contributed by atoms with E-state index < -0.39 is 6.04 Å². The fourth-order valence-electron chi connectivity index (χ4n) is 1.16. The van der Waals surface area contributed by atoms with Gasteiger partial charge in [-0.3, -0.25) is 4.40 Å². The monoisotopic (exact) mass is 212 g/mol. The molecular weight excluding hydrogens is 204 g/mol. The van der Waals surface area contributed by atoms with E-state index in [2.05, 4.69) is 9.97 Å². The number of nitrogens with two attached hydrogens (primary N) is 1. The number of aromatic nitrogens is 3. The van der Waals surface area contributed by atoms with Crippen LogP contribution in [0, 0.1) is 0 Å². The number of aliphatic hydroxyl groups excluding tert-OH is 1. The van der Waals surface area contributed by atoms with Gasteiger partial charge in [-0.05, 0) is 6.07 Å². The number of fused-ring (bicyclic) bond motifs is 1. The van der Waals surface area contributed by atoms with Crippen LogP contribution in [-0.2, 0) is 0 Å². The molecule has 5 nitrogen and oxygen atoms in total. The van der Waals surface area contributed by atoms with Crippen LogP contribution in [0.5, 0.6) is 0 Å². The molecule has 3 N–H and O–H groups in total. The maximum Gasteiger partial charge on any atom is 0.235 e. The third kappa shape index (κ3) is 1.45. The Morgan fingerprint density at radius 1 is 1.64 bits per heavy atom. The number of hydrogen-bond acceptors (Lipinski definition) is 4. The predicted molar refractivity (Wildman–Crippen MR) is 52.0 cm³/mol. The number of rotatable bonds is 2. The molecule has 0 radical (unpaired) electrons. The van der Waals surface area contributed by atoms with E-state index in [0.29, 0.717) is 16.6 Å². The Balaban J connectivity index is 2.52. The van der Waals surface area contributed by atoms with Crippen molar-refractivity contribution in [1.29, 1.82) is 0 Å². The van der Waals surface area contributed by atoms with Crippen molar-refractivity contribution in [3.8, 4) is 0 Å². The Morgan fingerprint density at radius 3 is 3.14 bits per heavy atom. The van der Waals surface area contributed by atoms with Crippen molar-refractivity contribution in [2.75, 3.05) is 6.61 Å². The van der Waals surface area contributed by atoms with Crippen molar-refractivity contribution in [2.24, 2.45) is 5.73 Å². The summed E-state index contributed by atoms with van der Waals surface area (Å²) in [6.07, 6.45) is 3.24. The first-order chi connectivity index (χ1) is 6.72. The number of hydrogen-bond donors (Lipinski definition) is 2. The van der Waals surface area contributed by atoms with Gasteiger partial charge in [0.25, 0.3) is 0 Å². The summed E-state index contributed by atoms with van der Waals surface area (Å²) in [5.74, 6) is 0.483. The molecule has 0 amide bonds. The lowest BCUT2D eigenvalue weighted by molar-refractivity contribution is 0.266. The van der Waals surface area contributed by atoms with E-state index in [4.69, 9.17) is 22.4 Å². The maximum atomic E-state index is 8.85. The number of halogens is 1. The zero-order valence-corrected chi connectivity index (χ0v) is 8.02. The molecule has 1 unspecified atom stereocenters. The van der Waals surface area contributed by atoms with Crippen molar-refractivity contribution in [3.63, 3.8) is 0 Å². The second-order valence-electron chi connectivity index (χ2n) is 2.89. The zero-order valence-electron chi connectivity index (χ0n) is 7.26. The lowest BCUT2D eigenvalue weighted by Gasteiger charge is -2.06. The predicted octanol–water partition coefficient (Wildman–Crippen LogP) is 0.375. The van der Waals surface area contributed by atoms with E-state index >= 15 is 0 Å². The third-order valence-electron chi connectivity index (χ3n) is 1.93. The minimum absolute atomic E-state index is 0.141. The first kappa shape index (κ1) is 9.39. The van der Waals surface area contributed by atoms with Crippen molar-refractivity contribution in [2.45, 2.75) is 6.04 Å². The molecule has 0 saturated heterocycles. The highest BCUT2D eigenvalue weighted by atomic mass is 35.5. The van der Waals surface area contributed by atoms with Crippen LogP contribution in [0.2, 0.25) is 5.15 Å². The van der Waals surface area contributed by atoms with E-state index in [0.717, 1.165) is 0 Å². The second-order valence-corrected chi connectivity index (χ2v) is 3.28. The molecule has 0 aliphatic carbocycles. The average Bonchev–Trinajstić information content (AvgIpc) is 2.59. The van der Waals surface area contributed by atoms with Crippen LogP contribution in [0.4, 0.5) is 0 Å². The highest BCUT2D eigenvalue weighted by molar-refractivity contribution is 6.29. The summed E-state index contributed by atoms with van der Waals surface area (Å²) in [6.45, 7) is -0.141. The molecule has 0 saturated carbocycles. The topological polar surface area (TPSA) is 76.4 Å². The summed E-state index contributed by atoms with van der Waals surface area (Å²) in [6, 6.07) is 1.23. The average molecular weight is 213 g/mol. The van der Waals surface area contributed by atoms with E-state index in [-0.39, 0.29) is 6.61 Å². The summed E-state index contributed by atoms with van der Waals surface area (Å²) in [5.41, 5.74) is 6.21. The maximum absolute atomic E-state index is 8.85.